The molecule has 0 unspecified atom stereocenters. The van der Waals surface area contributed by atoms with Crippen LogP contribution < -0.4 is 10.3 Å². The predicted octanol–water partition coefficient (Wildman–Crippen LogP) is 3.24. The normalized spacial score (nSPS) is 20.2. The Morgan fingerprint density at radius 2 is 1.73 bits per heavy atom. The van der Waals surface area contributed by atoms with Crippen LogP contribution in [0.25, 0.3) is 10.9 Å². The molecule has 2 bridgehead atoms. The van der Waals surface area contributed by atoms with Crippen molar-refractivity contribution in [3.8, 4) is 5.75 Å². The molecule has 212 valence electrons. The van der Waals surface area contributed by atoms with E-state index in [1.165, 1.54) is 55.5 Å². The van der Waals surface area contributed by atoms with E-state index in [0.717, 1.165) is 41.2 Å². The highest BCUT2D eigenvalue weighted by atomic mass is 32.2. The topological polar surface area (TPSA) is 119 Å². The molecule has 3 aliphatic rings. The number of pyridine rings is 1. The molecule has 0 aliphatic carbocycles. The number of benzene rings is 2. The first-order valence-electron chi connectivity index (χ1n) is 13.6. The van der Waals surface area contributed by atoms with Crippen LogP contribution in [0.3, 0.4) is 0 Å². The SMILES string of the molecule is Cc1ccc(S(=O)(=O)[O-])cc1.Cn1c(=O)cc(OCc2cn(CC[N+]34CCC(CC3)CC4)nn2)c2ccccc21. The van der Waals surface area contributed by atoms with Crippen molar-refractivity contribution in [1.29, 1.82) is 0 Å². The minimum atomic E-state index is -4.27. The highest BCUT2D eigenvalue weighted by molar-refractivity contribution is 7.85. The summed E-state index contributed by atoms with van der Waals surface area (Å²) >= 11 is 0. The zero-order chi connectivity index (χ0) is 28.3. The Kier molecular flexibility index (Phi) is 8.07. The molecule has 0 spiro atoms. The van der Waals surface area contributed by atoms with Gasteiger partial charge in [-0.15, -0.1) is 5.10 Å². The lowest BCUT2D eigenvalue weighted by molar-refractivity contribution is -0.943. The highest BCUT2D eigenvalue weighted by Crippen LogP contribution is 2.33. The molecule has 0 atom stereocenters. The van der Waals surface area contributed by atoms with Crippen LogP contribution in [0, 0.1) is 12.8 Å². The van der Waals surface area contributed by atoms with Crippen molar-refractivity contribution in [1.82, 2.24) is 19.6 Å². The van der Waals surface area contributed by atoms with E-state index in [2.05, 4.69) is 10.3 Å². The third kappa shape index (κ3) is 6.43. The van der Waals surface area contributed by atoms with Crippen LogP contribution in [0.2, 0.25) is 0 Å². The van der Waals surface area contributed by atoms with Crippen LogP contribution in [0.1, 0.15) is 30.5 Å². The Bertz CT molecular complexity index is 1620. The van der Waals surface area contributed by atoms with Crippen LogP contribution in [-0.2, 0) is 30.3 Å². The Hall–Kier alpha value is -3.54. The minimum Gasteiger partial charge on any atom is -0.744 e. The third-order valence-corrected chi connectivity index (χ3v) is 9.08. The number of piperidine rings is 3. The fraction of sp³-hybridized carbons (Fsp3) is 0.414. The average Bonchev–Trinajstić information content (AvgIpc) is 3.42. The van der Waals surface area contributed by atoms with Crippen molar-refractivity contribution < 1.29 is 22.2 Å². The molecule has 7 rings (SSSR count). The number of nitrogens with zero attached hydrogens (tertiary/aromatic N) is 5. The van der Waals surface area contributed by atoms with Gasteiger partial charge in [0.1, 0.15) is 28.2 Å². The first-order chi connectivity index (χ1) is 19.1. The number of para-hydroxylation sites is 1. The molecule has 3 aliphatic heterocycles. The van der Waals surface area contributed by atoms with Gasteiger partial charge in [-0.1, -0.05) is 35.0 Å². The number of hydrogen-bond acceptors (Lipinski definition) is 7. The summed E-state index contributed by atoms with van der Waals surface area (Å²) in [6.45, 7) is 8.13. The van der Waals surface area contributed by atoms with Gasteiger partial charge in [-0.2, -0.15) is 0 Å². The van der Waals surface area contributed by atoms with Crippen molar-refractivity contribution in [2.75, 3.05) is 26.2 Å². The van der Waals surface area contributed by atoms with Crippen molar-refractivity contribution >= 4 is 21.0 Å². The number of ether oxygens (including phenoxy) is 1. The second-order valence-electron chi connectivity index (χ2n) is 10.9. The van der Waals surface area contributed by atoms with Gasteiger partial charge >= 0.3 is 0 Å². The second-order valence-corrected chi connectivity index (χ2v) is 12.3. The maximum Gasteiger partial charge on any atom is 0.254 e. The van der Waals surface area contributed by atoms with Crippen LogP contribution in [0.4, 0.5) is 0 Å². The summed E-state index contributed by atoms with van der Waals surface area (Å²) in [7, 11) is -2.49. The third-order valence-electron chi connectivity index (χ3n) is 8.23. The van der Waals surface area contributed by atoms with Gasteiger partial charge in [-0.05, 0) is 56.4 Å². The van der Waals surface area contributed by atoms with Crippen molar-refractivity contribution in [3.63, 3.8) is 0 Å². The Morgan fingerprint density at radius 1 is 1.05 bits per heavy atom. The van der Waals surface area contributed by atoms with Crippen molar-refractivity contribution in [2.45, 2.75) is 44.2 Å². The van der Waals surface area contributed by atoms with E-state index >= 15 is 0 Å². The molecule has 4 aromatic rings. The molecule has 40 heavy (non-hydrogen) atoms. The highest BCUT2D eigenvalue weighted by Gasteiger charge is 2.39. The summed E-state index contributed by atoms with van der Waals surface area (Å²) in [6, 6.07) is 15.1. The van der Waals surface area contributed by atoms with Gasteiger partial charge in [0.2, 0.25) is 0 Å². The number of fused-ring (bicyclic) bond motifs is 4. The van der Waals surface area contributed by atoms with Gasteiger partial charge < -0.3 is 18.3 Å². The maximum atomic E-state index is 12.2. The van der Waals surface area contributed by atoms with E-state index in [1.807, 2.05) is 42.1 Å². The van der Waals surface area contributed by atoms with Gasteiger partial charge in [0.25, 0.3) is 5.56 Å². The first kappa shape index (κ1) is 28.0. The quantitative estimate of drug-likeness (QED) is 0.249. The predicted molar refractivity (Wildman–Crippen MR) is 150 cm³/mol. The summed E-state index contributed by atoms with van der Waals surface area (Å²) in [6.07, 6.45) is 6.14. The van der Waals surface area contributed by atoms with E-state index in [-0.39, 0.29) is 10.5 Å². The van der Waals surface area contributed by atoms with Crippen LogP contribution >= 0.6 is 0 Å². The summed E-state index contributed by atoms with van der Waals surface area (Å²) < 4.78 is 42.0. The molecular weight excluding hydrogens is 530 g/mol. The van der Waals surface area contributed by atoms with Crippen LogP contribution in [0.5, 0.6) is 5.75 Å². The number of aryl methyl sites for hydroxylation is 2. The molecule has 0 amide bonds. The standard InChI is InChI=1S/C22H28N5O2.C7H8O3S/c1-25-20-5-3-2-4-19(20)21(14-22(25)28)29-16-18-15-26(24-23-18)9-13-27-10-6-17(7-11-27)8-12-27;1-6-2-4-7(5-3-6)11(8,9)10/h2-5,14-15,17H,6-13,16H2,1H3;2-5H,1H3,(H,8,9,10)/q+1;/p-1. The lowest BCUT2D eigenvalue weighted by Crippen LogP contribution is -2.59. The molecule has 11 heteroatoms. The smallest absolute Gasteiger partial charge is 0.254 e. The number of aromatic nitrogens is 4. The van der Waals surface area contributed by atoms with Gasteiger partial charge in [0.05, 0.1) is 49.3 Å². The Balaban J connectivity index is 0.000000248. The maximum absolute atomic E-state index is 12.2. The fourth-order valence-corrected chi connectivity index (χ4v) is 6.13. The van der Waals surface area contributed by atoms with Crippen molar-refractivity contribution in [3.05, 3.63) is 82.4 Å². The van der Waals surface area contributed by atoms with Crippen LogP contribution in [-0.4, -0.2) is 63.2 Å². The summed E-state index contributed by atoms with van der Waals surface area (Å²) in [5.41, 5.74) is 2.49. The monoisotopic (exact) mass is 565 g/mol. The molecule has 5 heterocycles. The first-order valence-corrected chi connectivity index (χ1v) is 15.0. The van der Waals surface area contributed by atoms with Gasteiger partial charge in [-0.3, -0.25) is 4.79 Å². The lowest BCUT2D eigenvalue weighted by Gasteiger charge is -2.49. The molecule has 3 saturated heterocycles. The van der Waals surface area contributed by atoms with Crippen molar-refractivity contribution in [2.24, 2.45) is 13.0 Å². The van der Waals surface area contributed by atoms with E-state index in [9.17, 15) is 17.8 Å². The molecule has 0 radical (unpaired) electrons. The molecule has 2 aromatic carbocycles. The summed E-state index contributed by atoms with van der Waals surface area (Å²) in [5, 5.41) is 9.49. The fourth-order valence-electron chi connectivity index (χ4n) is 5.66. The Morgan fingerprint density at radius 3 is 2.40 bits per heavy atom. The van der Waals surface area contributed by atoms with E-state index < -0.39 is 10.1 Å². The number of hydrogen-bond donors (Lipinski definition) is 0. The van der Waals surface area contributed by atoms with E-state index in [1.54, 1.807) is 29.8 Å². The van der Waals surface area contributed by atoms with Gasteiger partial charge in [0, 0.05) is 18.5 Å². The molecule has 0 N–H and O–H groups in total. The molecular formula is C29H35N5O5S. The largest absolute Gasteiger partial charge is 0.744 e. The second kappa shape index (κ2) is 11.5. The molecule has 0 saturated carbocycles. The Labute approximate surface area is 234 Å². The van der Waals surface area contributed by atoms with Gasteiger partial charge in [0.15, 0.2) is 0 Å². The zero-order valence-electron chi connectivity index (χ0n) is 22.9. The molecule has 2 aromatic heterocycles. The van der Waals surface area contributed by atoms with E-state index in [4.69, 9.17) is 4.74 Å². The van der Waals surface area contributed by atoms with E-state index in [0.29, 0.717) is 12.4 Å². The number of quaternary nitrogens is 1. The average molecular weight is 566 g/mol. The lowest BCUT2D eigenvalue weighted by atomic mass is 9.86. The van der Waals surface area contributed by atoms with Crippen LogP contribution in [0.15, 0.2) is 70.5 Å². The molecule has 10 nitrogen and oxygen atoms in total. The summed E-state index contributed by atoms with van der Waals surface area (Å²) in [5.74, 6) is 1.57. The number of rotatable bonds is 7. The minimum absolute atomic E-state index is 0.0819. The summed E-state index contributed by atoms with van der Waals surface area (Å²) in [4.78, 5) is 12.0. The van der Waals surface area contributed by atoms with Gasteiger partial charge in [-0.25, -0.2) is 13.1 Å². The zero-order valence-corrected chi connectivity index (χ0v) is 23.7. The molecule has 3 fully saturated rings.